The van der Waals surface area contributed by atoms with Crippen molar-refractivity contribution in [2.75, 3.05) is 19.8 Å². The lowest BCUT2D eigenvalue weighted by atomic mass is 9.96. The smallest absolute Gasteiger partial charge is 0.303 e. The molecule has 2 aliphatic rings. The molecule has 0 unspecified atom stereocenters. The normalized spacial score (nSPS) is 31.2. The number of rotatable bonds is 14. The topological polar surface area (TPSA) is 215 Å². The number of carbonyl (C=O) groups is 6. The molecule has 0 amide bonds. The summed E-state index contributed by atoms with van der Waals surface area (Å²) in [6.07, 6.45) is -13.5. The Balaban J connectivity index is 2.58. The summed E-state index contributed by atoms with van der Waals surface area (Å²) in [5.74, 6) is -4.63. The predicted molar refractivity (Wildman–Crippen MR) is 145 cm³/mol. The quantitative estimate of drug-likeness (QED) is 0.147. The first-order chi connectivity index (χ1) is 21.1. The lowest BCUT2D eigenvalue weighted by Crippen LogP contribution is -2.66. The van der Waals surface area contributed by atoms with Crippen molar-refractivity contribution in [3.63, 3.8) is 0 Å². The van der Waals surface area contributed by atoms with Gasteiger partial charge in [-0.3, -0.25) is 28.8 Å². The minimum atomic E-state index is -1.92. The monoisotopic (exact) mass is 650 g/mol. The summed E-state index contributed by atoms with van der Waals surface area (Å²) in [4.78, 5) is 71.7. The summed E-state index contributed by atoms with van der Waals surface area (Å²) in [6, 6.07) is 0. The second-order valence-electron chi connectivity index (χ2n) is 10.3. The largest absolute Gasteiger partial charge is 0.463 e. The van der Waals surface area contributed by atoms with E-state index in [1.807, 2.05) is 6.92 Å². The van der Waals surface area contributed by atoms with E-state index in [1.165, 1.54) is 0 Å². The van der Waals surface area contributed by atoms with Gasteiger partial charge in [0.15, 0.2) is 43.1 Å². The predicted octanol–water partition coefficient (Wildman–Crippen LogP) is -0.148. The number of hydrogen-bond donors (Lipinski definition) is 1. The Labute approximate surface area is 259 Å². The molecule has 0 bridgehead atoms. The van der Waals surface area contributed by atoms with Gasteiger partial charge in [-0.15, -0.1) is 0 Å². The Hall–Kier alpha value is -3.38. The molecular formula is C28H42O17. The van der Waals surface area contributed by atoms with Crippen molar-refractivity contribution in [3.8, 4) is 0 Å². The molecule has 2 rings (SSSR count). The van der Waals surface area contributed by atoms with E-state index in [0.717, 1.165) is 48.0 Å². The Kier molecular flexibility index (Phi) is 15.1. The third-order valence-corrected chi connectivity index (χ3v) is 6.41. The summed E-state index contributed by atoms with van der Waals surface area (Å²) in [5.41, 5.74) is 0. The van der Waals surface area contributed by atoms with Gasteiger partial charge in [0.05, 0.1) is 0 Å². The van der Waals surface area contributed by atoms with E-state index in [4.69, 9.17) is 47.4 Å². The zero-order chi connectivity index (χ0) is 33.8. The minimum absolute atomic E-state index is 0.126. The van der Waals surface area contributed by atoms with Crippen LogP contribution in [0.4, 0.5) is 0 Å². The van der Waals surface area contributed by atoms with Gasteiger partial charge in [-0.1, -0.05) is 13.3 Å². The van der Waals surface area contributed by atoms with Crippen molar-refractivity contribution >= 4 is 35.8 Å². The minimum Gasteiger partial charge on any atom is -0.463 e. The summed E-state index contributed by atoms with van der Waals surface area (Å²) in [6.45, 7) is 7.72. The summed E-state index contributed by atoms with van der Waals surface area (Å²) < 4.78 is 55.5. The Morgan fingerprint density at radius 3 is 1.49 bits per heavy atom. The van der Waals surface area contributed by atoms with Crippen LogP contribution in [0, 0.1) is 0 Å². The lowest BCUT2D eigenvalue weighted by molar-refractivity contribution is -0.365. The second kappa shape index (κ2) is 17.9. The highest BCUT2D eigenvalue weighted by molar-refractivity contribution is 5.68. The van der Waals surface area contributed by atoms with Crippen molar-refractivity contribution in [2.45, 2.75) is 123 Å². The zero-order valence-corrected chi connectivity index (χ0v) is 26.3. The van der Waals surface area contributed by atoms with E-state index in [-0.39, 0.29) is 6.61 Å². The standard InChI is InChI=1S/C28H42O17/c1-8-9-10-36-23-21(39-15(4)31)20(12-38-14(3)30)44-28(26(23)42-18(7)34)45-25-24(41-17(6)33)22(40-16(5)32)19(43-27(25)35)11-37-13(2)29/h19-28,35H,8-12H2,1-7H3/t19-,20+,21+,22+,23-,24-,25-,26-,27-,28+/m0/s1. The summed E-state index contributed by atoms with van der Waals surface area (Å²) >= 11 is 0. The van der Waals surface area contributed by atoms with Crippen LogP contribution in [0.1, 0.15) is 61.3 Å². The first-order valence-electron chi connectivity index (χ1n) is 14.4. The highest BCUT2D eigenvalue weighted by Gasteiger charge is 2.56. The van der Waals surface area contributed by atoms with E-state index < -0.39 is 110 Å². The third-order valence-electron chi connectivity index (χ3n) is 6.41. The van der Waals surface area contributed by atoms with E-state index in [0.29, 0.717) is 6.42 Å². The van der Waals surface area contributed by atoms with Crippen molar-refractivity contribution < 1.29 is 81.2 Å². The molecule has 0 aromatic heterocycles. The molecule has 2 aliphatic heterocycles. The Morgan fingerprint density at radius 1 is 0.578 bits per heavy atom. The lowest BCUT2D eigenvalue weighted by Gasteiger charge is -2.48. The van der Waals surface area contributed by atoms with E-state index in [2.05, 4.69) is 0 Å². The molecule has 2 fully saturated rings. The molecule has 0 spiro atoms. The van der Waals surface area contributed by atoms with Crippen LogP contribution in [0.2, 0.25) is 0 Å². The third kappa shape index (κ3) is 11.8. The number of aliphatic hydroxyl groups excluding tert-OH is 1. The van der Waals surface area contributed by atoms with Crippen molar-refractivity contribution in [2.24, 2.45) is 0 Å². The van der Waals surface area contributed by atoms with Gasteiger partial charge in [0.25, 0.3) is 0 Å². The van der Waals surface area contributed by atoms with Gasteiger partial charge in [0, 0.05) is 48.1 Å². The Morgan fingerprint density at radius 2 is 1.02 bits per heavy atom. The second-order valence-corrected chi connectivity index (χ2v) is 10.3. The van der Waals surface area contributed by atoms with E-state index in [1.54, 1.807) is 0 Å². The maximum Gasteiger partial charge on any atom is 0.303 e. The SMILES string of the molecule is CCCCO[C@@H]1[C@H](OC(C)=O)[C@@H](O[C@H]2[C@@H](OC(C)=O)[C@H](OC(C)=O)[C@H](COC(C)=O)O[C@@H]2O)O[C@H](COC(C)=O)[C@H]1OC(C)=O. The van der Waals surface area contributed by atoms with Crippen LogP contribution in [-0.2, 0) is 76.1 Å². The molecule has 17 nitrogen and oxygen atoms in total. The maximum absolute atomic E-state index is 12.3. The molecule has 0 aliphatic carbocycles. The first kappa shape index (κ1) is 37.8. The molecule has 0 aromatic rings. The number of unbranched alkanes of at least 4 members (excludes halogenated alkanes) is 1. The molecule has 0 radical (unpaired) electrons. The van der Waals surface area contributed by atoms with Gasteiger partial charge in [-0.2, -0.15) is 0 Å². The van der Waals surface area contributed by atoms with Crippen LogP contribution in [0.3, 0.4) is 0 Å². The number of carbonyl (C=O) groups excluding carboxylic acids is 6. The Bertz CT molecular complexity index is 1050. The van der Waals surface area contributed by atoms with Gasteiger partial charge < -0.3 is 52.5 Å². The average Bonchev–Trinajstić information content (AvgIpc) is 2.91. The van der Waals surface area contributed by atoms with Crippen molar-refractivity contribution in [1.29, 1.82) is 0 Å². The maximum atomic E-state index is 12.3. The van der Waals surface area contributed by atoms with Gasteiger partial charge >= 0.3 is 35.8 Å². The average molecular weight is 651 g/mol. The first-order valence-corrected chi connectivity index (χ1v) is 14.4. The van der Waals surface area contributed by atoms with Crippen LogP contribution in [0.25, 0.3) is 0 Å². The fourth-order valence-electron chi connectivity index (χ4n) is 4.71. The van der Waals surface area contributed by atoms with Gasteiger partial charge in [-0.25, -0.2) is 0 Å². The fraction of sp³-hybridized carbons (Fsp3) is 0.786. The van der Waals surface area contributed by atoms with Gasteiger partial charge in [-0.05, 0) is 6.42 Å². The number of ether oxygens (including phenoxy) is 10. The molecule has 2 heterocycles. The van der Waals surface area contributed by atoms with E-state index >= 15 is 0 Å². The molecule has 17 heteroatoms. The number of aliphatic hydroxyl groups is 1. The number of hydrogen-bond acceptors (Lipinski definition) is 17. The summed E-state index contributed by atoms with van der Waals surface area (Å²) in [7, 11) is 0. The van der Waals surface area contributed by atoms with Crippen molar-refractivity contribution in [3.05, 3.63) is 0 Å². The van der Waals surface area contributed by atoms with Crippen LogP contribution >= 0.6 is 0 Å². The van der Waals surface area contributed by atoms with Gasteiger partial charge in [0.2, 0.25) is 0 Å². The fourth-order valence-corrected chi connectivity index (χ4v) is 4.71. The van der Waals surface area contributed by atoms with Crippen LogP contribution in [0.15, 0.2) is 0 Å². The highest BCUT2D eigenvalue weighted by Crippen LogP contribution is 2.34. The molecule has 10 atom stereocenters. The van der Waals surface area contributed by atoms with Crippen LogP contribution in [0.5, 0.6) is 0 Å². The molecule has 0 saturated carbocycles. The van der Waals surface area contributed by atoms with Crippen molar-refractivity contribution in [1.82, 2.24) is 0 Å². The summed E-state index contributed by atoms with van der Waals surface area (Å²) in [5, 5.41) is 11.0. The zero-order valence-electron chi connectivity index (χ0n) is 26.3. The molecule has 1 N–H and O–H groups in total. The van der Waals surface area contributed by atoms with Crippen LogP contribution < -0.4 is 0 Å². The van der Waals surface area contributed by atoms with Gasteiger partial charge in [0.1, 0.15) is 31.5 Å². The molecule has 0 aromatic carbocycles. The van der Waals surface area contributed by atoms with Crippen LogP contribution in [-0.4, -0.2) is 122 Å². The molecular weight excluding hydrogens is 608 g/mol. The van der Waals surface area contributed by atoms with E-state index in [9.17, 15) is 33.9 Å². The highest BCUT2D eigenvalue weighted by atomic mass is 16.8. The molecule has 2 saturated heterocycles. The molecule has 45 heavy (non-hydrogen) atoms. The molecule has 256 valence electrons. The number of esters is 6.